The molecule has 4 aromatic heterocycles. The SMILES string of the molecule is c1ccc(-n2c3oc4ccccc4c3c3cccc(-c4ccc(-n5c6ccccc6c6cc(-c7cccc8c7sc7ccccc78)ccc65)cc4)c32)cc1. The number of thiophene rings is 1. The second-order valence-corrected chi connectivity index (χ2v) is 15.1. The van der Waals surface area contributed by atoms with E-state index in [1.165, 1.54) is 64.1 Å². The van der Waals surface area contributed by atoms with Crippen molar-refractivity contribution >= 4 is 86.3 Å². The Hall–Kier alpha value is -6.88. The van der Waals surface area contributed by atoms with Gasteiger partial charge in [-0.1, -0.05) is 127 Å². The van der Waals surface area contributed by atoms with E-state index in [1.54, 1.807) is 0 Å². The molecule has 8 aromatic carbocycles. The highest BCUT2D eigenvalue weighted by atomic mass is 32.1. The molecule has 0 aliphatic rings. The normalized spacial score (nSPS) is 12.1. The molecule has 0 aliphatic heterocycles. The Morgan fingerprint density at radius 1 is 0.407 bits per heavy atom. The number of rotatable bonds is 4. The number of benzene rings is 8. The first-order chi connectivity index (χ1) is 26.8. The minimum absolute atomic E-state index is 0.870. The zero-order valence-corrected chi connectivity index (χ0v) is 29.8. The van der Waals surface area contributed by atoms with Gasteiger partial charge in [-0.15, -0.1) is 11.3 Å². The van der Waals surface area contributed by atoms with Crippen molar-refractivity contribution < 1.29 is 4.42 Å². The van der Waals surface area contributed by atoms with Crippen molar-refractivity contribution in [2.24, 2.45) is 0 Å². The number of hydrogen-bond acceptors (Lipinski definition) is 2. The standard InChI is InChI=1S/C50H30N2OS/c1-2-12-33(13-3-1)52-48-35(17-10-20-41(48)47-40-16-5-8-22-45(40)53-50(47)52)31-24-27-34(28-25-31)51-43-21-7-4-14-37(43)42-30-32(26-29-44(42)51)36-18-11-19-39-38-15-6-9-23-46(38)54-49(36)39/h1-30H. The van der Waals surface area contributed by atoms with Crippen LogP contribution in [0, 0.1) is 0 Å². The second-order valence-electron chi connectivity index (χ2n) is 14.1. The maximum atomic E-state index is 6.60. The maximum absolute atomic E-state index is 6.60. The highest BCUT2D eigenvalue weighted by Gasteiger charge is 2.22. The molecule has 0 fully saturated rings. The molecule has 252 valence electrons. The highest BCUT2D eigenvalue weighted by molar-refractivity contribution is 7.26. The smallest absolute Gasteiger partial charge is 0.213 e. The third kappa shape index (κ3) is 4.17. The fraction of sp³-hybridized carbons (Fsp3) is 0. The Labute approximate surface area is 314 Å². The van der Waals surface area contributed by atoms with E-state index >= 15 is 0 Å². The summed E-state index contributed by atoms with van der Waals surface area (Å²) in [6.07, 6.45) is 0. The van der Waals surface area contributed by atoms with Crippen molar-refractivity contribution in [3.8, 4) is 33.6 Å². The molecule has 0 atom stereocenters. The number of aromatic nitrogens is 2. The first-order valence-corrected chi connectivity index (χ1v) is 19.2. The fourth-order valence-corrected chi connectivity index (χ4v) is 10.0. The number of fused-ring (bicyclic) bond motifs is 11. The van der Waals surface area contributed by atoms with Crippen LogP contribution in [0.4, 0.5) is 0 Å². The molecule has 0 aliphatic carbocycles. The largest absolute Gasteiger partial charge is 0.439 e. The van der Waals surface area contributed by atoms with E-state index in [-0.39, 0.29) is 0 Å². The average Bonchev–Trinajstić information content (AvgIpc) is 3.98. The van der Waals surface area contributed by atoms with E-state index in [4.69, 9.17) is 4.42 Å². The highest BCUT2D eigenvalue weighted by Crippen LogP contribution is 2.44. The van der Waals surface area contributed by atoms with E-state index in [2.05, 4.69) is 185 Å². The lowest BCUT2D eigenvalue weighted by Gasteiger charge is -2.13. The summed E-state index contributed by atoms with van der Waals surface area (Å²) in [5.41, 5.74) is 12.4. The Morgan fingerprint density at radius 3 is 1.93 bits per heavy atom. The van der Waals surface area contributed by atoms with E-state index < -0.39 is 0 Å². The molecule has 0 radical (unpaired) electrons. The summed E-state index contributed by atoms with van der Waals surface area (Å²) in [6, 6.07) is 65.8. The van der Waals surface area contributed by atoms with Gasteiger partial charge >= 0.3 is 0 Å². The molecule has 0 saturated carbocycles. The second kappa shape index (κ2) is 11.3. The van der Waals surface area contributed by atoms with Crippen LogP contribution in [-0.4, -0.2) is 9.13 Å². The van der Waals surface area contributed by atoms with Gasteiger partial charge in [0.05, 0.1) is 21.9 Å². The van der Waals surface area contributed by atoms with Crippen LogP contribution in [0.5, 0.6) is 0 Å². The first kappa shape index (κ1) is 29.7. The predicted molar refractivity (Wildman–Crippen MR) is 229 cm³/mol. The van der Waals surface area contributed by atoms with E-state index in [9.17, 15) is 0 Å². The van der Waals surface area contributed by atoms with Gasteiger partial charge in [0.25, 0.3) is 0 Å². The zero-order valence-electron chi connectivity index (χ0n) is 29.0. The quantitative estimate of drug-likeness (QED) is 0.179. The molecular weight excluding hydrogens is 677 g/mol. The van der Waals surface area contributed by atoms with Gasteiger partial charge < -0.3 is 8.98 Å². The minimum Gasteiger partial charge on any atom is -0.439 e. The van der Waals surface area contributed by atoms with Gasteiger partial charge in [0.15, 0.2) is 0 Å². The van der Waals surface area contributed by atoms with Gasteiger partial charge in [0.1, 0.15) is 5.58 Å². The average molecular weight is 707 g/mol. The molecule has 12 rings (SSSR count). The van der Waals surface area contributed by atoms with E-state index in [1.807, 2.05) is 17.4 Å². The van der Waals surface area contributed by atoms with Crippen LogP contribution in [0.2, 0.25) is 0 Å². The molecule has 0 amide bonds. The van der Waals surface area contributed by atoms with E-state index in [0.717, 1.165) is 44.5 Å². The summed E-state index contributed by atoms with van der Waals surface area (Å²) >= 11 is 1.88. The lowest BCUT2D eigenvalue weighted by atomic mass is 10.0. The molecule has 0 bridgehead atoms. The van der Waals surface area contributed by atoms with Crippen molar-refractivity contribution in [1.82, 2.24) is 9.13 Å². The summed E-state index contributed by atoms with van der Waals surface area (Å²) in [7, 11) is 0. The molecule has 0 saturated heterocycles. The third-order valence-electron chi connectivity index (χ3n) is 11.1. The Bertz CT molecular complexity index is 3430. The van der Waals surface area contributed by atoms with Crippen molar-refractivity contribution in [2.45, 2.75) is 0 Å². The van der Waals surface area contributed by atoms with Crippen LogP contribution >= 0.6 is 11.3 Å². The number of hydrogen-bond donors (Lipinski definition) is 0. The monoisotopic (exact) mass is 706 g/mol. The molecule has 0 unspecified atom stereocenters. The topological polar surface area (TPSA) is 23.0 Å². The molecule has 0 N–H and O–H groups in total. The van der Waals surface area contributed by atoms with Crippen LogP contribution in [0.25, 0.3) is 109 Å². The zero-order chi connectivity index (χ0) is 35.3. The van der Waals surface area contributed by atoms with Crippen molar-refractivity contribution in [2.75, 3.05) is 0 Å². The van der Waals surface area contributed by atoms with Crippen LogP contribution in [-0.2, 0) is 0 Å². The number of nitrogens with zero attached hydrogens (tertiary/aromatic N) is 2. The Morgan fingerprint density at radius 2 is 1.06 bits per heavy atom. The van der Waals surface area contributed by atoms with Gasteiger partial charge in [-0.3, -0.25) is 4.57 Å². The van der Waals surface area contributed by atoms with Crippen molar-refractivity contribution in [3.05, 3.63) is 182 Å². The molecule has 4 heteroatoms. The van der Waals surface area contributed by atoms with Gasteiger partial charge in [0, 0.05) is 58.7 Å². The first-order valence-electron chi connectivity index (χ1n) is 18.3. The maximum Gasteiger partial charge on any atom is 0.213 e. The van der Waals surface area contributed by atoms with Crippen molar-refractivity contribution in [1.29, 1.82) is 0 Å². The van der Waals surface area contributed by atoms with Gasteiger partial charge in [-0.25, -0.2) is 0 Å². The number of para-hydroxylation sites is 4. The number of furan rings is 1. The van der Waals surface area contributed by atoms with Gasteiger partial charge in [-0.2, -0.15) is 0 Å². The predicted octanol–water partition coefficient (Wildman–Crippen LogP) is 14.3. The molecule has 0 spiro atoms. The third-order valence-corrected chi connectivity index (χ3v) is 12.4. The summed E-state index contributed by atoms with van der Waals surface area (Å²) in [4.78, 5) is 0. The molecular formula is C50H30N2OS. The molecule has 54 heavy (non-hydrogen) atoms. The minimum atomic E-state index is 0.870. The summed E-state index contributed by atoms with van der Waals surface area (Å²) in [6.45, 7) is 0. The molecule has 12 aromatic rings. The van der Waals surface area contributed by atoms with Crippen LogP contribution in [0.1, 0.15) is 0 Å². The summed E-state index contributed by atoms with van der Waals surface area (Å²) in [5.74, 6) is 0. The van der Waals surface area contributed by atoms with Crippen LogP contribution in [0.3, 0.4) is 0 Å². The fourth-order valence-electron chi connectivity index (χ4n) is 8.78. The molecule has 4 heterocycles. The lowest BCUT2D eigenvalue weighted by molar-refractivity contribution is 0.645. The Kier molecular flexibility index (Phi) is 6.21. The van der Waals surface area contributed by atoms with Crippen LogP contribution in [0.15, 0.2) is 186 Å². The van der Waals surface area contributed by atoms with Gasteiger partial charge in [0.2, 0.25) is 5.71 Å². The van der Waals surface area contributed by atoms with Gasteiger partial charge in [-0.05, 0) is 71.3 Å². The molecule has 3 nitrogen and oxygen atoms in total. The van der Waals surface area contributed by atoms with E-state index in [0.29, 0.717) is 0 Å². The van der Waals surface area contributed by atoms with Crippen molar-refractivity contribution in [3.63, 3.8) is 0 Å². The van der Waals surface area contributed by atoms with Crippen LogP contribution < -0.4 is 0 Å². The summed E-state index contributed by atoms with van der Waals surface area (Å²) in [5, 5.41) is 8.63. The lowest BCUT2D eigenvalue weighted by Crippen LogP contribution is -1.96. The summed E-state index contributed by atoms with van der Waals surface area (Å²) < 4.78 is 14.0. The Balaban J connectivity index is 1.02.